The number of carbonyl (C=O) groups excluding carboxylic acids is 2. The Labute approximate surface area is 165 Å². The molecule has 6 nitrogen and oxygen atoms in total. The molecule has 6 heteroatoms. The number of aliphatic hydroxyl groups excluding tert-OH is 1. The highest BCUT2D eigenvalue weighted by atomic mass is 16.5. The van der Waals surface area contributed by atoms with E-state index in [1.165, 1.54) is 14.2 Å². The monoisotopic (exact) mass is 385 g/mol. The van der Waals surface area contributed by atoms with Crippen LogP contribution < -0.4 is 14.8 Å². The van der Waals surface area contributed by atoms with E-state index in [1.807, 2.05) is 32.0 Å². The van der Waals surface area contributed by atoms with Gasteiger partial charge in [-0.1, -0.05) is 17.7 Å². The van der Waals surface area contributed by atoms with Gasteiger partial charge in [-0.05, 0) is 43.7 Å². The van der Waals surface area contributed by atoms with Crippen molar-refractivity contribution >= 4 is 11.7 Å². The third-order valence-electron chi connectivity index (χ3n) is 4.56. The Morgan fingerprint density at radius 2 is 1.79 bits per heavy atom. The molecule has 0 aliphatic rings. The topological polar surface area (TPSA) is 84.9 Å². The quantitative estimate of drug-likeness (QED) is 0.648. The van der Waals surface area contributed by atoms with Crippen LogP contribution in [-0.4, -0.2) is 37.6 Å². The van der Waals surface area contributed by atoms with Crippen LogP contribution in [-0.2, 0) is 4.79 Å². The molecule has 1 atom stereocenters. The molecule has 0 bridgehead atoms. The van der Waals surface area contributed by atoms with E-state index >= 15 is 0 Å². The van der Waals surface area contributed by atoms with E-state index in [9.17, 15) is 14.7 Å². The predicted molar refractivity (Wildman–Crippen MR) is 107 cm³/mol. The summed E-state index contributed by atoms with van der Waals surface area (Å²) < 4.78 is 10.4. The summed E-state index contributed by atoms with van der Waals surface area (Å²) >= 11 is 0. The molecule has 28 heavy (non-hydrogen) atoms. The van der Waals surface area contributed by atoms with Gasteiger partial charge in [-0.2, -0.15) is 0 Å². The van der Waals surface area contributed by atoms with Gasteiger partial charge in [0.25, 0.3) is 0 Å². The van der Waals surface area contributed by atoms with Crippen LogP contribution in [0.3, 0.4) is 0 Å². The van der Waals surface area contributed by atoms with Gasteiger partial charge in [0.15, 0.2) is 5.78 Å². The molecule has 2 aromatic carbocycles. The summed E-state index contributed by atoms with van der Waals surface area (Å²) in [5, 5.41) is 13.1. The molecule has 0 saturated carbocycles. The van der Waals surface area contributed by atoms with Crippen molar-refractivity contribution in [2.45, 2.75) is 32.8 Å². The lowest BCUT2D eigenvalue weighted by atomic mass is 9.99. The molecule has 150 valence electrons. The summed E-state index contributed by atoms with van der Waals surface area (Å²) in [6, 6.07) is 10.8. The maximum Gasteiger partial charge on any atom is 0.220 e. The van der Waals surface area contributed by atoms with Gasteiger partial charge in [0.2, 0.25) is 5.91 Å². The number of hydrogen-bond donors (Lipinski definition) is 2. The van der Waals surface area contributed by atoms with Crippen LogP contribution in [0.1, 0.15) is 46.0 Å². The lowest BCUT2D eigenvalue weighted by Gasteiger charge is -2.16. The van der Waals surface area contributed by atoms with Crippen molar-refractivity contribution in [3.63, 3.8) is 0 Å². The van der Waals surface area contributed by atoms with Gasteiger partial charge in [-0.25, -0.2) is 0 Å². The molecule has 2 N–H and O–H groups in total. The average molecular weight is 385 g/mol. The summed E-state index contributed by atoms with van der Waals surface area (Å²) in [5.41, 5.74) is 3.08. The smallest absolute Gasteiger partial charge is 0.220 e. The molecule has 0 aromatic heterocycles. The second kappa shape index (κ2) is 9.90. The molecule has 0 spiro atoms. The highest BCUT2D eigenvalue weighted by Crippen LogP contribution is 2.29. The number of rotatable bonds is 9. The second-order valence-corrected chi connectivity index (χ2v) is 6.67. The minimum absolute atomic E-state index is 0.0139. The number of Topliss-reactive ketones (excluding diaryl/α,β-unsaturated/α-hetero) is 1. The number of benzene rings is 2. The van der Waals surface area contributed by atoms with Crippen molar-refractivity contribution in [3.05, 3.63) is 58.7 Å². The van der Waals surface area contributed by atoms with Crippen molar-refractivity contribution in [2.75, 3.05) is 20.8 Å². The summed E-state index contributed by atoms with van der Waals surface area (Å²) in [6.45, 7) is 3.82. The zero-order valence-corrected chi connectivity index (χ0v) is 16.7. The summed E-state index contributed by atoms with van der Waals surface area (Å²) in [6.07, 6.45) is -0.771. The fraction of sp³-hybridized carbons (Fsp3) is 0.364. The molecular formula is C22H27NO5. The molecule has 0 radical (unpaired) electrons. The van der Waals surface area contributed by atoms with Gasteiger partial charge in [0, 0.05) is 30.5 Å². The third-order valence-corrected chi connectivity index (χ3v) is 4.56. The van der Waals surface area contributed by atoms with Gasteiger partial charge in [-0.3, -0.25) is 9.59 Å². The molecule has 1 unspecified atom stereocenters. The average Bonchev–Trinajstić information content (AvgIpc) is 2.71. The first-order valence-corrected chi connectivity index (χ1v) is 9.12. The van der Waals surface area contributed by atoms with Crippen LogP contribution in [0.4, 0.5) is 0 Å². The van der Waals surface area contributed by atoms with E-state index < -0.39 is 6.10 Å². The number of carbonyl (C=O) groups is 2. The Morgan fingerprint density at radius 3 is 2.46 bits per heavy atom. The van der Waals surface area contributed by atoms with E-state index in [0.717, 1.165) is 11.1 Å². The first kappa shape index (κ1) is 21.4. The Bertz CT molecular complexity index is 847. The minimum atomic E-state index is -0.955. The number of ketones is 1. The van der Waals surface area contributed by atoms with Gasteiger partial charge in [-0.15, -0.1) is 0 Å². The summed E-state index contributed by atoms with van der Waals surface area (Å²) in [4.78, 5) is 24.5. The van der Waals surface area contributed by atoms with Crippen LogP contribution in [0.2, 0.25) is 0 Å². The van der Waals surface area contributed by atoms with Gasteiger partial charge in [0.05, 0.1) is 20.3 Å². The van der Waals surface area contributed by atoms with Crippen LogP contribution in [0.25, 0.3) is 0 Å². The highest BCUT2D eigenvalue weighted by molar-refractivity contribution is 5.99. The predicted octanol–water partition coefficient (Wildman–Crippen LogP) is 3.13. The zero-order valence-electron chi connectivity index (χ0n) is 16.7. The first-order chi connectivity index (χ1) is 13.3. The summed E-state index contributed by atoms with van der Waals surface area (Å²) in [7, 11) is 3.04. The van der Waals surface area contributed by atoms with Crippen LogP contribution in [0, 0.1) is 13.8 Å². The van der Waals surface area contributed by atoms with Gasteiger partial charge < -0.3 is 19.9 Å². The number of nitrogens with one attached hydrogen (secondary N) is 1. The van der Waals surface area contributed by atoms with Gasteiger partial charge in [0.1, 0.15) is 11.5 Å². The summed E-state index contributed by atoms with van der Waals surface area (Å²) in [5.74, 6) is 0.735. The van der Waals surface area contributed by atoms with Crippen molar-refractivity contribution in [1.29, 1.82) is 0 Å². The van der Waals surface area contributed by atoms with Crippen molar-refractivity contribution < 1.29 is 24.2 Å². The van der Waals surface area contributed by atoms with E-state index in [-0.39, 0.29) is 31.1 Å². The molecule has 0 aliphatic carbocycles. The molecule has 2 aromatic rings. The minimum Gasteiger partial charge on any atom is -0.497 e. The van der Waals surface area contributed by atoms with E-state index in [1.54, 1.807) is 18.2 Å². The highest BCUT2D eigenvalue weighted by Gasteiger charge is 2.17. The standard InChI is InChI=1S/C22H27NO5/c1-14-5-6-15(2)17(11-14)19(24)8-10-22(26)23-13-20(25)18-12-16(27-3)7-9-21(18)28-4/h5-7,9,11-12,20,25H,8,10,13H2,1-4H3,(H,23,26). The molecule has 2 rings (SSSR count). The Balaban J connectivity index is 1.90. The SMILES string of the molecule is COc1ccc(OC)c(C(O)CNC(=O)CCC(=O)c2cc(C)ccc2C)c1. The molecule has 1 amide bonds. The third kappa shape index (κ3) is 5.57. The fourth-order valence-electron chi connectivity index (χ4n) is 2.91. The Hall–Kier alpha value is -2.86. The van der Waals surface area contributed by atoms with Gasteiger partial charge >= 0.3 is 0 Å². The van der Waals surface area contributed by atoms with E-state index in [2.05, 4.69) is 5.32 Å². The van der Waals surface area contributed by atoms with Crippen LogP contribution in [0.5, 0.6) is 11.5 Å². The maximum absolute atomic E-state index is 12.4. The largest absolute Gasteiger partial charge is 0.497 e. The molecule has 0 aliphatic heterocycles. The normalized spacial score (nSPS) is 11.6. The maximum atomic E-state index is 12.4. The number of hydrogen-bond acceptors (Lipinski definition) is 5. The number of methoxy groups -OCH3 is 2. The lowest BCUT2D eigenvalue weighted by molar-refractivity contribution is -0.121. The van der Waals surface area contributed by atoms with Crippen molar-refractivity contribution in [1.82, 2.24) is 5.32 Å². The number of amides is 1. The molecule has 0 heterocycles. The van der Waals surface area contributed by atoms with Crippen LogP contribution in [0.15, 0.2) is 36.4 Å². The van der Waals surface area contributed by atoms with Crippen molar-refractivity contribution in [2.24, 2.45) is 0 Å². The number of aryl methyl sites for hydroxylation is 2. The fourth-order valence-corrected chi connectivity index (χ4v) is 2.91. The lowest BCUT2D eigenvalue weighted by Crippen LogP contribution is -2.28. The van der Waals surface area contributed by atoms with Crippen molar-refractivity contribution in [3.8, 4) is 11.5 Å². The van der Waals surface area contributed by atoms with E-state index in [0.29, 0.717) is 22.6 Å². The first-order valence-electron chi connectivity index (χ1n) is 9.12. The zero-order chi connectivity index (χ0) is 20.7. The van der Waals surface area contributed by atoms with Crippen LogP contribution >= 0.6 is 0 Å². The Morgan fingerprint density at radius 1 is 1.04 bits per heavy atom. The number of aliphatic hydroxyl groups is 1. The molecule has 0 saturated heterocycles. The molecule has 0 fully saturated rings. The van der Waals surface area contributed by atoms with E-state index in [4.69, 9.17) is 9.47 Å². The number of ether oxygens (including phenoxy) is 2. The Kier molecular flexibility index (Phi) is 7.58. The second-order valence-electron chi connectivity index (χ2n) is 6.67. The molecular weight excluding hydrogens is 358 g/mol.